The summed E-state index contributed by atoms with van der Waals surface area (Å²) < 4.78 is 26.6. The Morgan fingerprint density at radius 2 is 1.76 bits per heavy atom. The first-order valence-corrected chi connectivity index (χ1v) is 11.5. The summed E-state index contributed by atoms with van der Waals surface area (Å²) in [7, 11) is -1.98. The van der Waals surface area contributed by atoms with Crippen molar-refractivity contribution in [1.29, 1.82) is 0 Å². The molecule has 6 heteroatoms. The highest BCUT2D eigenvalue weighted by Crippen LogP contribution is 2.19. The van der Waals surface area contributed by atoms with Gasteiger partial charge in [0.15, 0.2) is 0 Å². The molecule has 1 N–H and O–H groups in total. The third kappa shape index (κ3) is 5.78. The average Bonchev–Trinajstić information content (AvgIpc) is 2.75. The fourth-order valence-corrected chi connectivity index (χ4v) is 4.63. The molecule has 0 aliphatic heterocycles. The molecule has 2 aromatic rings. The molecule has 154 valence electrons. The molecule has 0 radical (unpaired) electrons. The summed E-state index contributed by atoms with van der Waals surface area (Å²) in [5.41, 5.74) is 2.85. The van der Waals surface area contributed by atoms with E-state index in [4.69, 9.17) is 0 Å². The van der Waals surface area contributed by atoms with Gasteiger partial charge in [-0.05, 0) is 61.9 Å². The van der Waals surface area contributed by atoms with Gasteiger partial charge in [-0.15, -0.1) is 0 Å². The smallest absolute Gasteiger partial charge is 0.251 e. The van der Waals surface area contributed by atoms with Crippen LogP contribution in [-0.2, 0) is 16.6 Å². The van der Waals surface area contributed by atoms with Crippen molar-refractivity contribution in [1.82, 2.24) is 9.62 Å². The van der Waals surface area contributed by atoms with Crippen molar-refractivity contribution in [3.8, 4) is 0 Å². The second-order valence-corrected chi connectivity index (χ2v) is 9.43. The molecule has 0 heterocycles. The summed E-state index contributed by atoms with van der Waals surface area (Å²) in [6.45, 7) is 0.887. The molecule has 2 aromatic carbocycles. The molecule has 3 rings (SSSR count). The molecule has 1 aliphatic rings. The number of nitrogens with zero attached hydrogens (tertiary/aromatic N) is 1. The lowest BCUT2D eigenvalue weighted by Gasteiger charge is -2.17. The lowest BCUT2D eigenvalue weighted by molar-refractivity contribution is 0.0954. The first-order valence-electron chi connectivity index (χ1n) is 10.0. The molecular weight excluding hydrogens is 384 g/mol. The largest absolute Gasteiger partial charge is 0.352 e. The third-order valence-electron chi connectivity index (χ3n) is 5.19. The van der Waals surface area contributed by atoms with Gasteiger partial charge in [0.2, 0.25) is 10.0 Å². The van der Waals surface area contributed by atoms with Gasteiger partial charge < -0.3 is 5.32 Å². The van der Waals surface area contributed by atoms with Crippen LogP contribution in [0.3, 0.4) is 0 Å². The Hall–Kier alpha value is -2.44. The van der Waals surface area contributed by atoms with E-state index in [1.165, 1.54) is 22.7 Å². The van der Waals surface area contributed by atoms with Gasteiger partial charge in [-0.3, -0.25) is 4.79 Å². The number of hydrogen-bond donors (Lipinski definition) is 1. The summed E-state index contributed by atoms with van der Waals surface area (Å²) in [4.78, 5) is 12.6. The molecule has 0 unspecified atom stereocenters. The maximum absolute atomic E-state index is 12.6. The predicted molar refractivity (Wildman–Crippen MR) is 115 cm³/mol. The molecule has 29 heavy (non-hydrogen) atoms. The van der Waals surface area contributed by atoms with E-state index in [0.717, 1.165) is 24.8 Å². The molecular formula is C23H28N2O3S. The molecule has 1 aliphatic carbocycles. The van der Waals surface area contributed by atoms with Crippen LogP contribution in [0.4, 0.5) is 0 Å². The van der Waals surface area contributed by atoms with Crippen molar-refractivity contribution in [2.45, 2.75) is 43.5 Å². The second-order valence-electron chi connectivity index (χ2n) is 7.39. The minimum atomic E-state index is -3.54. The molecule has 0 aromatic heterocycles. The Morgan fingerprint density at radius 3 is 2.41 bits per heavy atom. The number of rotatable bonds is 8. The van der Waals surface area contributed by atoms with Gasteiger partial charge in [-0.2, -0.15) is 4.31 Å². The van der Waals surface area contributed by atoms with Crippen molar-refractivity contribution < 1.29 is 13.2 Å². The van der Waals surface area contributed by atoms with Crippen LogP contribution in [0.2, 0.25) is 0 Å². The van der Waals surface area contributed by atoms with Crippen LogP contribution < -0.4 is 5.32 Å². The fraction of sp³-hybridized carbons (Fsp3) is 0.348. The van der Waals surface area contributed by atoms with Crippen LogP contribution in [0.25, 0.3) is 0 Å². The minimum absolute atomic E-state index is 0.0989. The average molecular weight is 413 g/mol. The van der Waals surface area contributed by atoms with Gasteiger partial charge in [0.05, 0.1) is 4.90 Å². The van der Waals surface area contributed by atoms with E-state index in [-0.39, 0.29) is 17.3 Å². The van der Waals surface area contributed by atoms with Gasteiger partial charge in [0.25, 0.3) is 5.91 Å². The Balaban J connectivity index is 1.54. The number of allylic oxidation sites excluding steroid dienone is 1. The van der Waals surface area contributed by atoms with Crippen molar-refractivity contribution >= 4 is 15.9 Å². The Kier molecular flexibility index (Phi) is 7.23. The third-order valence-corrected chi connectivity index (χ3v) is 7.01. The first-order chi connectivity index (χ1) is 14.0. The summed E-state index contributed by atoms with van der Waals surface area (Å²) in [6.07, 6.45) is 8.01. The Morgan fingerprint density at radius 1 is 1.03 bits per heavy atom. The number of benzene rings is 2. The summed E-state index contributed by atoms with van der Waals surface area (Å²) in [5, 5.41) is 2.97. The van der Waals surface area contributed by atoms with E-state index in [9.17, 15) is 13.2 Å². The van der Waals surface area contributed by atoms with Crippen molar-refractivity contribution in [2.75, 3.05) is 13.6 Å². The van der Waals surface area contributed by atoms with Gasteiger partial charge >= 0.3 is 0 Å². The van der Waals surface area contributed by atoms with Crippen molar-refractivity contribution in [2.24, 2.45) is 0 Å². The molecule has 0 saturated carbocycles. The topological polar surface area (TPSA) is 66.5 Å². The molecule has 0 saturated heterocycles. The van der Waals surface area contributed by atoms with Crippen LogP contribution in [0.5, 0.6) is 0 Å². The quantitative estimate of drug-likeness (QED) is 0.663. The molecule has 1 amide bonds. The highest BCUT2D eigenvalue weighted by molar-refractivity contribution is 7.89. The molecule has 0 spiro atoms. The van der Waals surface area contributed by atoms with E-state index in [1.54, 1.807) is 61.6 Å². The zero-order valence-electron chi connectivity index (χ0n) is 16.8. The number of carbonyl (C=O) groups is 1. The van der Waals surface area contributed by atoms with E-state index >= 15 is 0 Å². The number of sulfonamides is 1. The predicted octanol–water partition coefficient (Wildman–Crippen LogP) is 4.13. The van der Waals surface area contributed by atoms with Gasteiger partial charge in [0.1, 0.15) is 0 Å². The van der Waals surface area contributed by atoms with Crippen LogP contribution in [0.1, 0.15) is 48.0 Å². The highest BCUT2D eigenvalue weighted by atomic mass is 32.2. The normalized spacial score (nSPS) is 14.5. The van der Waals surface area contributed by atoms with E-state index in [2.05, 4.69) is 11.4 Å². The summed E-state index contributed by atoms with van der Waals surface area (Å²) >= 11 is 0. The van der Waals surface area contributed by atoms with Crippen molar-refractivity contribution in [3.63, 3.8) is 0 Å². The number of carbonyl (C=O) groups excluding carboxylic acids is 1. The van der Waals surface area contributed by atoms with Crippen LogP contribution in [0.15, 0.2) is 71.1 Å². The SMILES string of the molecule is CN(Cc1ccc(C(=O)NCCC2=CCCCC2)cc1)S(=O)(=O)c1ccccc1. The van der Waals surface area contributed by atoms with Gasteiger partial charge in [-0.25, -0.2) is 8.42 Å². The monoisotopic (exact) mass is 412 g/mol. The first kappa shape index (κ1) is 21.3. The minimum Gasteiger partial charge on any atom is -0.352 e. The molecule has 0 atom stereocenters. The zero-order valence-corrected chi connectivity index (χ0v) is 17.6. The van der Waals surface area contributed by atoms with Crippen LogP contribution in [0, 0.1) is 0 Å². The molecule has 5 nitrogen and oxygen atoms in total. The van der Waals surface area contributed by atoms with E-state index in [1.807, 2.05) is 0 Å². The number of hydrogen-bond acceptors (Lipinski definition) is 3. The van der Waals surface area contributed by atoms with Crippen molar-refractivity contribution in [3.05, 3.63) is 77.4 Å². The highest BCUT2D eigenvalue weighted by Gasteiger charge is 2.20. The standard InChI is InChI=1S/C23H28N2O3S/c1-25(29(27,28)22-10-6-3-7-11-22)18-20-12-14-21(15-13-20)23(26)24-17-16-19-8-4-2-5-9-19/h3,6-8,10-15H,2,4-5,9,16-18H2,1H3,(H,24,26). The summed E-state index contributed by atoms with van der Waals surface area (Å²) in [5.74, 6) is -0.0989. The fourth-order valence-electron chi connectivity index (χ4n) is 3.45. The van der Waals surface area contributed by atoms with E-state index in [0.29, 0.717) is 12.1 Å². The van der Waals surface area contributed by atoms with E-state index < -0.39 is 10.0 Å². The van der Waals surface area contributed by atoms with Crippen LogP contribution in [-0.4, -0.2) is 32.2 Å². The summed E-state index contributed by atoms with van der Waals surface area (Å²) in [6, 6.07) is 15.5. The Bertz CT molecular complexity index is 951. The van der Waals surface area contributed by atoms with Gasteiger partial charge in [0, 0.05) is 25.7 Å². The number of nitrogens with one attached hydrogen (secondary N) is 1. The second kappa shape index (κ2) is 9.85. The zero-order chi connectivity index (χ0) is 20.7. The van der Waals surface area contributed by atoms with Crippen LogP contribution >= 0.6 is 0 Å². The molecule has 0 fully saturated rings. The lowest BCUT2D eigenvalue weighted by atomic mass is 9.97. The Labute approximate surface area is 173 Å². The lowest BCUT2D eigenvalue weighted by Crippen LogP contribution is -2.27. The maximum atomic E-state index is 12.6. The number of amides is 1. The molecule has 0 bridgehead atoms. The van der Waals surface area contributed by atoms with Gasteiger partial charge in [-0.1, -0.05) is 42.0 Å². The maximum Gasteiger partial charge on any atom is 0.251 e.